The molecule has 0 atom stereocenters. The topological polar surface area (TPSA) is 97.3 Å². The van der Waals surface area contributed by atoms with Crippen molar-refractivity contribution in [1.29, 1.82) is 0 Å². The first-order valence-electron chi connectivity index (χ1n) is 9.62. The second kappa shape index (κ2) is 7.85. The van der Waals surface area contributed by atoms with Crippen molar-refractivity contribution >= 4 is 42.4 Å². The van der Waals surface area contributed by atoms with Gasteiger partial charge in [0.25, 0.3) is 11.8 Å². The van der Waals surface area contributed by atoms with Gasteiger partial charge in [-0.3, -0.25) is 14.5 Å². The first-order chi connectivity index (χ1) is 15.4. The van der Waals surface area contributed by atoms with Gasteiger partial charge >= 0.3 is 0 Å². The number of hydrogen-bond donors (Lipinski definition) is 0. The van der Waals surface area contributed by atoms with E-state index in [9.17, 15) is 18.0 Å². The zero-order chi connectivity index (χ0) is 22.3. The van der Waals surface area contributed by atoms with Crippen LogP contribution in [-0.4, -0.2) is 35.1 Å². The number of rotatable bonds is 5. The SMILES string of the molecule is O=C1c2ccccc2C(=O)N1Cc1ccc(S(=O)(=O)Sc2ncnc3ccccc23)cc1. The molecule has 1 aliphatic rings. The summed E-state index contributed by atoms with van der Waals surface area (Å²) < 4.78 is 25.9. The fraction of sp³-hybridized carbons (Fsp3) is 0.0435. The number of para-hydroxylation sites is 1. The van der Waals surface area contributed by atoms with Crippen LogP contribution in [0.5, 0.6) is 0 Å². The summed E-state index contributed by atoms with van der Waals surface area (Å²) in [4.78, 5) is 34.6. The lowest BCUT2D eigenvalue weighted by molar-refractivity contribution is 0.0642. The van der Waals surface area contributed by atoms with Crippen molar-refractivity contribution in [2.75, 3.05) is 0 Å². The summed E-state index contributed by atoms with van der Waals surface area (Å²) in [7, 11) is -3.07. The van der Waals surface area contributed by atoms with E-state index in [4.69, 9.17) is 0 Å². The van der Waals surface area contributed by atoms with Crippen LogP contribution >= 0.6 is 10.8 Å². The average Bonchev–Trinajstić information content (AvgIpc) is 3.05. The average molecular weight is 462 g/mol. The second-order valence-electron chi connectivity index (χ2n) is 7.12. The Labute approximate surface area is 187 Å². The number of aromatic nitrogens is 2. The van der Waals surface area contributed by atoms with Crippen LogP contribution < -0.4 is 0 Å². The van der Waals surface area contributed by atoms with Gasteiger partial charge in [0, 0.05) is 16.2 Å². The highest BCUT2D eigenvalue weighted by molar-refractivity contribution is 8.72. The molecule has 0 unspecified atom stereocenters. The lowest BCUT2D eigenvalue weighted by Crippen LogP contribution is -2.29. The van der Waals surface area contributed by atoms with Gasteiger partial charge in [-0.05, 0) is 35.9 Å². The van der Waals surface area contributed by atoms with Crippen LogP contribution in [0.3, 0.4) is 0 Å². The van der Waals surface area contributed by atoms with Gasteiger partial charge in [0.1, 0.15) is 11.4 Å². The van der Waals surface area contributed by atoms with Crippen molar-refractivity contribution < 1.29 is 18.0 Å². The minimum atomic E-state index is -3.74. The van der Waals surface area contributed by atoms with Crippen LogP contribution in [0.2, 0.25) is 0 Å². The van der Waals surface area contributed by atoms with Crippen LogP contribution in [-0.2, 0) is 15.4 Å². The van der Waals surface area contributed by atoms with Crippen molar-refractivity contribution in [1.82, 2.24) is 14.9 Å². The molecule has 0 radical (unpaired) electrons. The Morgan fingerprint density at radius 3 is 2.09 bits per heavy atom. The van der Waals surface area contributed by atoms with Gasteiger partial charge < -0.3 is 0 Å². The van der Waals surface area contributed by atoms with Crippen LogP contribution in [0.1, 0.15) is 26.3 Å². The molecule has 32 heavy (non-hydrogen) atoms. The van der Waals surface area contributed by atoms with E-state index in [1.165, 1.54) is 18.5 Å². The second-order valence-corrected chi connectivity index (χ2v) is 10.9. The zero-order valence-corrected chi connectivity index (χ0v) is 18.1. The number of carbonyl (C=O) groups excluding carboxylic acids is 2. The normalized spacial score (nSPS) is 13.6. The molecule has 0 spiro atoms. The molecule has 0 fully saturated rings. The van der Waals surface area contributed by atoms with Crippen molar-refractivity contribution in [2.45, 2.75) is 16.5 Å². The molecule has 1 aliphatic heterocycles. The summed E-state index contributed by atoms with van der Waals surface area (Å²) in [5, 5.41) is 1.01. The number of imide groups is 1. The molecule has 0 bridgehead atoms. The van der Waals surface area contributed by atoms with E-state index in [0.29, 0.717) is 43.4 Å². The summed E-state index contributed by atoms with van der Waals surface area (Å²) in [6.07, 6.45) is 1.34. The molecule has 0 saturated carbocycles. The summed E-state index contributed by atoms with van der Waals surface area (Å²) in [5.41, 5.74) is 2.07. The van der Waals surface area contributed by atoms with E-state index in [1.54, 1.807) is 54.6 Å². The maximum Gasteiger partial charge on any atom is 0.261 e. The van der Waals surface area contributed by atoms with E-state index < -0.39 is 8.87 Å². The Hall–Kier alpha value is -3.56. The predicted molar refractivity (Wildman–Crippen MR) is 120 cm³/mol. The summed E-state index contributed by atoms with van der Waals surface area (Å²) in [6, 6.07) is 20.0. The highest BCUT2D eigenvalue weighted by Crippen LogP contribution is 2.33. The number of fused-ring (bicyclic) bond motifs is 2. The highest BCUT2D eigenvalue weighted by Gasteiger charge is 2.35. The van der Waals surface area contributed by atoms with Gasteiger partial charge in [-0.25, -0.2) is 18.4 Å². The maximum atomic E-state index is 12.9. The molecule has 7 nitrogen and oxygen atoms in total. The minimum Gasteiger partial charge on any atom is -0.270 e. The highest BCUT2D eigenvalue weighted by atomic mass is 33.1. The minimum absolute atomic E-state index is 0.0658. The van der Waals surface area contributed by atoms with E-state index in [-0.39, 0.29) is 23.3 Å². The molecule has 9 heteroatoms. The Kier molecular flexibility index (Phi) is 4.99. The van der Waals surface area contributed by atoms with Gasteiger partial charge in [0.15, 0.2) is 0 Å². The van der Waals surface area contributed by atoms with Gasteiger partial charge in [-0.15, -0.1) is 0 Å². The van der Waals surface area contributed by atoms with Crippen molar-refractivity contribution in [3.05, 3.63) is 95.8 Å². The number of hydrogen-bond acceptors (Lipinski definition) is 7. The van der Waals surface area contributed by atoms with Crippen molar-refractivity contribution in [2.24, 2.45) is 0 Å². The zero-order valence-electron chi connectivity index (χ0n) is 16.5. The Bertz CT molecular complexity index is 1440. The Balaban J connectivity index is 1.37. The smallest absolute Gasteiger partial charge is 0.261 e. The molecule has 3 aromatic carbocycles. The largest absolute Gasteiger partial charge is 0.270 e. The van der Waals surface area contributed by atoms with Gasteiger partial charge in [-0.1, -0.05) is 42.5 Å². The van der Waals surface area contributed by atoms with E-state index in [0.717, 1.165) is 4.90 Å². The number of benzene rings is 3. The molecular weight excluding hydrogens is 446 g/mol. The quantitative estimate of drug-likeness (QED) is 0.252. The predicted octanol–water partition coefficient (Wildman–Crippen LogP) is 3.91. The number of nitrogens with zero attached hydrogens (tertiary/aromatic N) is 3. The van der Waals surface area contributed by atoms with Crippen LogP contribution in [0.4, 0.5) is 0 Å². The molecular formula is C23H15N3O4S2. The third-order valence-corrected chi connectivity index (χ3v) is 8.39. The molecule has 0 saturated heterocycles. The first kappa shape index (κ1) is 20.3. The van der Waals surface area contributed by atoms with E-state index >= 15 is 0 Å². The molecule has 4 aromatic rings. The van der Waals surface area contributed by atoms with Gasteiger partial charge in [0.05, 0.1) is 28.1 Å². The fourth-order valence-electron chi connectivity index (χ4n) is 3.53. The Morgan fingerprint density at radius 2 is 1.41 bits per heavy atom. The van der Waals surface area contributed by atoms with Gasteiger partial charge in [-0.2, -0.15) is 0 Å². The molecule has 0 aliphatic carbocycles. The third kappa shape index (κ3) is 3.55. The van der Waals surface area contributed by atoms with Crippen LogP contribution in [0, 0.1) is 0 Å². The number of carbonyl (C=O) groups is 2. The maximum absolute atomic E-state index is 12.9. The van der Waals surface area contributed by atoms with Crippen molar-refractivity contribution in [3.8, 4) is 0 Å². The monoisotopic (exact) mass is 461 g/mol. The lowest BCUT2D eigenvalue weighted by Gasteiger charge is -2.14. The summed E-state index contributed by atoms with van der Waals surface area (Å²) in [6.45, 7) is 0.0658. The van der Waals surface area contributed by atoms with Crippen LogP contribution in [0.25, 0.3) is 10.9 Å². The van der Waals surface area contributed by atoms with Gasteiger partial charge in [0.2, 0.25) is 8.87 Å². The van der Waals surface area contributed by atoms with E-state index in [2.05, 4.69) is 9.97 Å². The van der Waals surface area contributed by atoms with Crippen LogP contribution in [0.15, 0.2) is 89.0 Å². The number of amides is 2. The molecule has 0 N–H and O–H groups in total. The lowest BCUT2D eigenvalue weighted by atomic mass is 10.1. The van der Waals surface area contributed by atoms with Crippen molar-refractivity contribution in [3.63, 3.8) is 0 Å². The fourth-order valence-corrected chi connectivity index (χ4v) is 6.30. The third-order valence-electron chi connectivity index (χ3n) is 5.13. The summed E-state index contributed by atoms with van der Waals surface area (Å²) in [5.74, 6) is -0.706. The Morgan fingerprint density at radius 1 is 0.781 bits per heavy atom. The molecule has 1 aromatic heterocycles. The molecule has 2 heterocycles. The molecule has 5 rings (SSSR count). The summed E-state index contributed by atoms with van der Waals surface area (Å²) >= 11 is 0. The first-order valence-corrected chi connectivity index (χ1v) is 12.4. The van der Waals surface area contributed by atoms with E-state index in [1.807, 2.05) is 6.07 Å². The molecule has 2 amide bonds. The molecule has 158 valence electrons. The standard InChI is InChI=1S/C23H15N3O4S2/c27-22-17-5-1-2-6-18(17)23(28)26(22)13-15-9-11-16(12-10-15)32(29,30)31-21-19-7-3-4-8-20(19)24-14-25-21/h1-12,14H,13H2.